The zero-order valence-corrected chi connectivity index (χ0v) is 11.5. The highest BCUT2D eigenvalue weighted by Gasteiger charge is 1.95. The summed E-state index contributed by atoms with van der Waals surface area (Å²) in [6.07, 6.45) is 7.99. The second-order valence-electron chi connectivity index (χ2n) is 3.89. The van der Waals surface area contributed by atoms with Crippen LogP contribution in [0, 0.1) is 0 Å². The molecule has 0 unspecified atom stereocenters. The first-order valence-electron chi connectivity index (χ1n) is 5.83. The highest BCUT2D eigenvalue weighted by atomic mass is 35.5. The number of ether oxygens (including phenoxy) is 1. The molecule has 0 bridgehead atoms. The molecule has 0 saturated heterocycles. The van der Waals surface area contributed by atoms with Crippen LogP contribution in [0.5, 0.6) is 5.75 Å². The van der Waals surface area contributed by atoms with Crippen molar-refractivity contribution in [3.8, 4) is 5.75 Å². The van der Waals surface area contributed by atoms with E-state index < -0.39 is 5.97 Å². The van der Waals surface area contributed by atoms with Crippen LogP contribution in [0.15, 0.2) is 49.1 Å². The van der Waals surface area contributed by atoms with Gasteiger partial charge in [-0.05, 0) is 23.8 Å². The molecule has 0 spiro atoms. The molecule has 1 aromatic heterocycles. The molecule has 0 aliphatic carbocycles. The molecule has 5 nitrogen and oxygen atoms in total. The first-order chi connectivity index (χ1) is 9.24. The Labute approximate surface area is 122 Å². The number of nitrogens with zero attached hydrogens (tertiary/aromatic N) is 2. The Morgan fingerprint density at radius 3 is 2.70 bits per heavy atom. The van der Waals surface area contributed by atoms with Crippen LogP contribution in [0.3, 0.4) is 0 Å². The third-order valence-corrected chi connectivity index (χ3v) is 2.48. The predicted octanol–water partition coefficient (Wildman–Crippen LogP) is 2.48. The Kier molecular flexibility index (Phi) is 6.32. The number of benzene rings is 1. The van der Waals surface area contributed by atoms with Crippen LogP contribution in [-0.4, -0.2) is 27.2 Å². The second-order valence-corrected chi connectivity index (χ2v) is 3.89. The number of rotatable bonds is 6. The average molecular weight is 295 g/mol. The van der Waals surface area contributed by atoms with Gasteiger partial charge in [0.15, 0.2) is 0 Å². The molecule has 6 heteroatoms. The number of hydrogen-bond acceptors (Lipinski definition) is 3. The Bertz CT molecular complexity index is 550. The van der Waals surface area contributed by atoms with Crippen molar-refractivity contribution < 1.29 is 14.6 Å². The minimum absolute atomic E-state index is 0. The van der Waals surface area contributed by atoms with Crippen molar-refractivity contribution in [2.75, 3.05) is 6.61 Å². The highest BCUT2D eigenvalue weighted by molar-refractivity contribution is 5.85. The van der Waals surface area contributed by atoms with Crippen molar-refractivity contribution in [2.45, 2.75) is 6.54 Å². The summed E-state index contributed by atoms with van der Waals surface area (Å²) in [5.74, 6) is -0.201. The van der Waals surface area contributed by atoms with Crippen molar-refractivity contribution in [2.24, 2.45) is 0 Å². The van der Waals surface area contributed by atoms with E-state index in [-0.39, 0.29) is 12.4 Å². The molecule has 1 N–H and O–H groups in total. The van der Waals surface area contributed by atoms with E-state index in [4.69, 9.17) is 9.84 Å². The number of carbonyl (C=O) groups is 1. The summed E-state index contributed by atoms with van der Waals surface area (Å²) in [4.78, 5) is 14.3. The van der Waals surface area contributed by atoms with Gasteiger partial charge in [0.1, 0.15) is 12.4 Å². The van der Waals surface area contributed by atoms with Gasteiger partial charge in [0.05, 0.1) is 12.9 Å². The highest BCUT2D eigenvalue weighted by Crippen LogP contribution is 2.13. The van der Waals surface area contributed by atoms with E-state index in [0.717, 1.165) is 23.9 Å². The average Bonchev–Trinajstić information content (AvgIpc) is 2.91. The lowest BCUT2D eigenvalue weighted by Gasteiger charge is -2.06. The van der Waals surface area contributed by atoms with Crippen molar-refractivity contribution in [1.82, 2.24) is 9.55 Å². The number of aromatic nitrogens is 2. The molecule has 0 amide bonds. The van der Waals surface area contributed by atoms with Gasteiger partial charge in [0, 0.05) is 18.5 Å². The van der Waals surface area contributed by atoms with Crippen molar-refractivity contribution in [1.29, 1.82) is 0 Å². The quantitative estimate of drug-likeness (QED) is 0.831. The third-order valence-electron chi connectivity index (χ3n) is 2.48. The zero-order valence-electron chi connectivity index (χ0n) is 10.7. The molecule has 0 saturated carbocycles. The number of halogens is 1. The molecule has 20 heavy (non-hydrogen) atoms. The Morgan fingerprint density at radius 2 is 2.10 bits per heavy atom. The first kappa shape index (κ1) is 15.8. The van der Waals surface area contributed by atoms with E-state index in [9.17, 15) is 4.79 Å². The van der Waals surface area contributed by atoms with Crippen molar-refractivity contribution >= 4 is 24.5 Å². The molecule has 2 aromatic rings. The molecular formula is C14H15ClN2O3. The summed E-state index contributed by atoms with van der Waals surface area (Å²) in [6, 6.07) is 7.25. The number of carboxylic acid groups (broad SMARTS) is 1. The summed E-state index contributed by atoms with van der Waals surface area (Å²) in [6.45, 7) is 1.29. The third kappa shape index (κ3) is 5.16. The molecule has 2 rings (SSSR count). The van der Waals surface area contributed by atoms with Crippen LogP contribution in [0.25, 0.3) is 6.08 Å². The van der Waals surface area contributed by atoms with E-state index >= 15 is 0 Å². The van der Waals surface area contributed by atoms with Gasteiger partial charge in [-0.2, -0.15) is 0 Å². The molecule has 0 aliphatic rings. The van der Waals surface area contributed by atoms with Gasteiger partial charge < -0.3 is 14.4 Å². The standard InChI is InChI=1S/C14H14N2O3.ClH/c17-14(18)6-3-12-1-4-13(5-2-12)19-10-9-16-8-7-15-11-16;/h1-8,11H,9-10H2,(H,17,18);1H/b6-3+;. The minimum atomic E-state index is -0.958. The van der Waals surface area contributed by atoms with Gasteiger partial charge in [0.2, 0.25) is 0 Å². The Hall–Kier alpha value is -2.27. The SMILES string of the molecule is Cl.O=C(O)/C=C/c1ccc(OCCn2ccnc2)cc1. The smallest absolute Gasteiger partial charge is 0.328 e. The molecule has 1 heterocycles. The topological polar surface area (TPSA) is 64.3 Å². The summed E-state index contributed by atoms with van der Waals surface area (Å²) in [7, 11) is 0. The second kappa shape index (κ2) is 8.01. The first-order valence-corrected chi connectivity index (χ1v) is 5.83. The fourth-order valence-electron chi connectivity index (χ4n) is 1.53. The van der Waals surface area contributed by atoms with Crippen LogP contribution in [0.4, 0.5) is 0 Å². The van der Waals surface area contributed by atoms with Crippen LogP contribution in [-0.2, 0) is 11.3 Å². The predicted molar refractivity (Wildman–Crippen MR) is 78.1 cm³/mol. The molecule has 1 aromatic carbocycles. The molecule has 0 fully saturated rings. The largest absolute Gasteiger partial charge is 0.492 e. The number of imidazole rings is 1. The normalized spacial score (nSPS) is 10.2. The monoisotopic (exact) mass is 294 g/mol. The lowest BCUT2D eigenvalue weighted by Crippen LogP contribution is -2.06. The lowest BCUT2D eigenvalue weighted by molar-refractivity contribution is -0.131. The van der Waals surface area contributed by atoms with Crippen LogP contribution in [0.2, 0.25) is 0 Å². The van der Waals surface area contributed by atoms with Gasteiger partial charge in [0.25, 0.3) is 0 Å². The van der Waals surface area contributed by atoms with E-state index in [1.807, 2.05) is 35.0 Å². The van der Waals surface area contributed by atoms with E-state index in [2.05, 4.69) is 4.98 Å². The van der Waals surface area contributed by atoms with Gasteiger partial charge in [-0.15, -0.1) is 12.4 Å². The molecule has 0 atom stereocenters. The summed E-state index contributed by atoms with van der Waals surface area (Å²) in [5, 5.41) is 8.52. The van der Waals surface area contributed by atoms with E-state index in [1.165, 1.54) is 6.08 Å². The summed E-state index contributed by atoms with van der Waals surface area (Å²) < 4.78 is 7.51. The van der Waals surface area contributed by atoms with Crippen LogP contribution < -0.4 is 4.74 Å². The maximum atomic E-state index is 10.4. The molecular weight excluding hydrogens is 280 g/mol. The number of aliphatic carboxylic acids is 1. The fourth-order valence-corrected chi connectivity index (χ4v) is 1.53. The van der Waals surface area contributed by atoms with Crippen molar-refractivity contribution in [3.63, 3.8) is 0 Å². The van der Waals surface area contributed by atoms with Gasteiger partial charge in [-0.3, -0.25) is 0 Å². The van der Waals surface area contributed by atoms with E-state index in [0.29, 0.717) is 6.61 Å². The van der Waals surface area contributed by atoms with Gasteiger partial charge in [-0.25, -0.2) is 9.78 Å². The lowest BCUT2D eigenvalue weighted by atomic mass is 10.2. The fraction of sp³-hybridized carbons (Fsp3) is 0.143. The summed E-state index contributed by atoms with van der Waals surface area (Å²) >= 11 is 0. The van der Waals surface area contributed by atoms with Gasteiger partial charge >= 0.3 is 5.97 Å². The maximum Gasteiger partial charge on any atom is 0.328 e. The van der Waals surface area contributed by atoms with Crippen LogP contribution in [0.1, 0.15) is 5.56 Å². The zero-order chi connectivity index (χ0) is 13.5. The number of carboxylic acids is 1. The number of hydrogen-bond donors (Lipinski definition) is 1. The molecule has 0 radical (unpaired) electrons. The molecule has 0 aliphatic heterocycles. The van der Waals surface area contributed by atoms with Gasteiger partial charge in [-0.1, -0.05) is 12.1 Å². The minimum Gasteiger partial charge on any atom is -0.492 e. The van der Waals surface area contributed by atoms with Crippen molar-refractivity contribution in [3.05, 3.63) is 54.6 Å². The van der Waals surface area contributed by atoms with Crippen LogP contribution >= 0.6 is 12.4 Å². The van der Waals surface area contributed by atoms with E-state index in [1.54, 1.807) is 12.5 Å². The Balaban J connectivity index is 0.00000200. The summed E-state index contributed by atoms with van der Waals surface area (Å²) in [5.41, 5.74) is 0.823. The maximum absolute atomic E-state index is 10.4. The Morgan fingerprint density at radius 1 is 1.35 bits per heavy atom. The molecule has 106 valence electrons.